The Kier molecular flexibility index (Phi) is 5.76. The number of amides is 4. The largest absolute Gasteiger partial charge is 0.326 e. The summed E-state index contributed by atoms with van der Waals surface area (Å²) in [6.45, 7) is 1.49. The summed E-state index contributed by atoms with van der Waals surface area (Å²) >= 11 is 5.90. The van der Waals surface area contributed by atoms with Gasteiger partial charge in [-0.3, -0.25) is 14.5 Å². The molecule has 1 aliphatic heterocycles. The third-order valence-corrected chi connectivity index (χ3v) is 4.67. The molecule has 0 aromatic heterocycles. The number of hydrogen-bond acceptors (Lipinski definition) is 3. The van der Waals surface area contributed by atoms with Gasteiger partial charge in [-0.25, -0.2) is 4.79 Å². The maximum Gasteiger partial charge on any atom is 0.325 e. The van der Waals surface area contributed by atoms with Crippen molar-refractivity contribution in [3.63, 3.8) is 0 Å². The van der Waals surface area contributed by atoms with Crippen LogP contribution < -0.4 is 10.6 Å². The van der Waals surface area contributed by atoms with E-state index in [1.54, 1.807) is 18.2 Å². The number of halogens is 1. The van der Waals surface area contributed by atoms with Gasteiger partial charge in [-0.05, 0) is 49.1 Å². The fourth-order valence-corrected chi connectivity index (χ4v) is 3.21. The number of nitrogens with zero attached hydrogens (tertiary/aromatic N) is 1. The molecule has 27 heavy (non-hydrogen) atoms. The van der Waals surface area contributed by atoms with Gasteiger partial charge in [-0.1, -0.05) is 41.9 Å². The Bertz CT molecular complexity index is 870. The Hall–Kier alpha value is -2.86. The molecule has 2 aromatic carbocycles. The third-order valence-electron chi connectivity index (χ3n) is 4.44. The summed E-state index contributed by atoms with van der Waals surface area (Å²) in [7, 11) is 0. The number of imide groups is 1. The molecule has 0 radical (unpaired) electrons. The van der Waals surface area contributed by atoms with E-state index >= 15 is 0 Å². The van der Waals surface area contributed by atoms with Crippen molar-refractivity contribution in [1.82, 2.24) is 10.2 Å². The van der Waals surface area contributed by atoms with Crippen LogP contribution in [0, 0.1) is 6.92 Å². The normalized spacial score (nSPS) is 16.4. The van der Waals surface area contributed by atoms with Crippen LogP contribution in [-0.2, 0) is 16.0 Å². The predicted octanol–water partition coefficient (Wildman–Crippen LogP) is 3.14. The van der Waals surface area contributed by atoms with Crippen molar-refractivity contribution >= 4 is 35.1 Å². The molecule has 4 amide bonds. The first kappa shape index (κ1) is 18.9. The molecule has 0 saturated carbocycles. The molecule has 0 unspecified atom stereocenters. The molecule has 0 spiro atoms. The van der Waals surface area contributed by atoms with E-state index in [0.717, 1.165) is 16.0 Å². The lowest BCUT2D eigenvalue weighted by molar-refractivity contribution is -0.130. The maximum absolute atomic E-state index is 12.5. The number of anilines is 1. The second-order valence-corrected chi connectivity index (χ2v) is 6.89. The van der Waals surface area contributed by atoms with E-state index in [4.69, 9.17) is 11.6 Å². The number of hydrogen-bond donors (Lipinski definition) is 2. The van der Waals surface area contributed by atoms with Crippen LogP contribution in [0.2, 0.25) is 5.02 Å². The SMILES string of the molecule is Cc1cc(Cl)ccc1NC(=O)CN1C(=O)N[C@H](CCc2ccccc2)C1=O. The molecule has 1 heterocycles. The quantitative estimate of drug-likeness (QED) is 0.750. The van der Waals surface area contributed by atoms with Crippen molar-refractivity contribution < 1.29 is 14.4 Å². The molecular formula is C20H20ClN3O3. The summed E-state index contributed by atoms with van der Waals surface area (Å²) in [6.07, 6.45) is 1.16. The first-order chi connectivity index (χ1) is 12.9. The Morgan fingerprint density at radius 3 is 2.63 bits per heavy atom. The highest BCUT2D eigenvalue weighted by atomic mass is 35.5. The fraction of sp³-hybridized carbons (Fsp3) is 0.250. The van der Waals surface area contributed by atoms with Crippen LogP contribution in [0.5, 0.6) is 0 Å². The van der Waals surface area contributed by atoms with Crippen LogP contribution in [0.1, 0.15) is 17.5 Å². The number of urea groups is 1. The molecule has 7 heteroatoms. The number of nitrogens with one attached hydrogen (secondary N) is 2. The summed E-state index contributed by atoms with van der Waals surface area (Å²) in [5.74, 6) is -0.813. The van der Waals surface area contributed by atoms with E-state index in [1.807, 2.05) is 37.3 Å². The summed E-state index contributed by atoms with van der Waals surface area (Å²) in [5, 5.41) is 5.93. The molecular weight excluding hydrogens is 366 g/mol. The Labute approximate surface area is 162 Å². The highest BCUT2D eigenvalue weighted by Crippen LogP contribution is 2.20. The molecule has 3 rings (SSSR count). The number of carbonyl (C=O) groups excluding carboxylic acids is 3. The Morgan fingerprint density at radius 2 is 1.93 bits per heavy atom. The van der Waals surface area contributed by atoms with Crippen LogP contribution in [0.3, 0.4) is 0 Å². The van der Waals surface area contributed by atoms with E-state index < -0.39 is 18.0 Å². The summed E-state index contributed by atoms with van der Waals surface area (Å²) < 4.78 is 0. The summed E-state index contributed by atoms with van der Waals surface area (Å²) in [6, 6.07) is 13.7. The summed E-state index contributed by atoms with van der Waals surface area (Å²) in [5.41, 5.74) is 2.49. The zero-order chi connectivity index (χ0) is 19.4. The first-order valence-electron chi connectivity index (χ1n) is 8.66. The Balaban J connectivity index is 1.57. The van der Waals surface area contributed by atoms with Gasteiger partial charge < -0.3 is 10.6 Å². The molecule has 0 bridgehead atoms. The minimum atomic E-state index is -0.609. The molecule has 2 N–H and O–H groups in total. The zero-order valence-electron chi connectivity index (χ0n) is 14.9. The lowest BCUT2D eigenvalue weighted by atomic mass is 10.1. The van der Waals surface area contributed by atoms with Crippen molar-refractivity contribution in [1.29, 1.82) is 0 Å². The third kappa shape index (κ3) is 4.65. The molecule has 140 valence electrons. The molecule has 0 aliphatic carbocycles. The number of benzene rings is 2. The van der Waals surface area contributed by atoms with Crippen molar-refractivity contribution in [2.24, 2.45) is 0 Å². The van der Waals surface area contributed by atoms with Crippen molar-refractivity contribution in [3.8, 4) is 0 Å². The van der Waals surface area contributed by atoms with Crippen LogP contribution in [-0.4, -0.2) is 35.3 Å². The zero-order valence-corrected chi connectivity index (χ0v) is 15.6. The van der Waals surface area contributed by atoms with Gasteiger partial charge in [-0.2, -0.15) is 0 Å². The van der Waals surface area contributed by atoms with Crippen molar-refractivity contribution in [3.05, 3.63) is 64.7 Å². The van der Waals surface area contributed by atoms with Crippen LogP contribution in [0.15, 0.2) is 48.5 Å². The van der Waals surface area contributed by atoms with E-state index in [9.17, 15) is 14.4 Å². The molecule has 1 fully saturated rings. The van der Waals surface area contributed by atoms with Crippen LogP contribution >= 0.6 is 11.6 Å². The fourth-order valence-electron chi connectivity index (χ4n) is 2.98. The van der Waals surface area contributed by atoms with Gasteiger partial charge in [0.05, 0.1) is 0 Å². The van der Waals surface area contributed by atoms with Crippen LogP contribution in [0.25, 0.3) is 0 Å². The molecule has 1 saturated heterocycles. The standard InChI is InChI=1S/C20H20ClN3O3/c1-13-11-15(21)8-10-16(13)22-18(25)12-24-19(26)17(23-20(24)27)9-7-14-5-3-2-4-6-14/h2-6,8,10-11,17H,7,9,12H2,1H3,(H,22,25)(H,23,27)/t17-/m1/s1. The first-order valence-corrected chi connectivity index (χ1v) is 9.03. The van der Waals surface area contributed by atoms with Crippen LogP contribution in [0.4, 0.5) is 10.5 Å². The lowest BCUT2D eigenvalue weighted by Gasteiger charge is -2.14. The second kappa shape index (κ2) is 8.22. The molecule has 1 atom stereocenters. The summed E-state index contributed by atoms with van der Waals surface area (Å²) in [4.78, 5) is 37.8. The van der Waals surface area contributed by atoms with Gasteiger partial charge in [0.2, 0.25) is 5.91 Å². The monoisotopic (exact) mass is 385 g/mol. The van der Waals surface area contributed by atoms with Gasteiger partial charge in [0.1, 0.15) is 12.6 Å². The van der Waals surface area contributed by atoms with E-state index in [2.05, 4.69) is 10.6 Å². The molecule has 6 nitrogen and oxygen atoms in total. The van der Waals surface area contributed by atoms with Gasteiger partial charge in [0.25, 0.3) is 5.91 Å². The van der Waals surface area contributed by atoms with Gasteiger partial charge in [0, 0.05) is 10.7 Å². The van der Waals surface area contributed by atoms with E-state index in [-0.39, 0.29) is 12.5 Å². The smallest absolute Gasteiger partial charge is 0.325 e. The predicted molar refractivity (Wildman–Crippen MR) is 104 cm³/mol. The van der Waals surface area contributed by atoms with Crippen molar-refractivity contribution in [2.75, 3.05) is 11.9 Å². The molecule has 2 aromatic rings. The van der Waals surface area contributed by atoms with E-state index in [0.29, 0.717) is 23.6 Å². The highest BCUT2D eigenvalue weighted by Gasteiger charge is 2.38. The highest BCUT2D eigenvalue weighted by molar-refractivity contribution is 6.30. The number of rotatable bonds is 6. The van der Waals surface area contributed by atoms with Crippen molar-refractivity contribution in [2.45, 2.75) is 25.8 Å². The minimum Gasteiger partial charge on any atom is -0.326 e. The van der Waals surface area contributed by atoms with Gasteiger partial charge in [0.15, 0.2) is 0 Å². The average molecular weight is 386 g/mol. The Morgan fingerprint density at radius 1 is 1.19 bits per heavy atom. The minimum absolute atomic E-state index is 0.325. The lowest BCUT2D eigenvalue weighted by Crippen LogP contribution is -2.38. The molecule has 1 aliphatic rings. The average Bonchev–Trinajstić information content (AvgIpc) is 2.91. The van der Waals surface area contributed by atoms with Gasteiger partial charge in [-0.15, -0.1) is 0 Å². The number of aryl methyl sites for hydroxylation is 2. The van der Waals surface area contributed by atoms with E-state index in [1.165, 1.54) is 0 Å². The number of carbonyl (C=O) groups is 3. The second-order valence-electron chi connectivity index (χ2n) is 6.46. The topological polar surface area (TPSA) is 78.5 Å². The maximum atomic E-state index is 12.5. The van der Waals surface area contributed by atoms with Gasteiger partial charge >= 0.3 is 6.03 Å².